The Morgan fingerprint density at radius 2 is 2.06 bits per heavy atom. The van der Waals surface area contributed by atoms with Crippen LogP contribution in [0.1, 0.15) is 18.0 Å². The Balaban J connectivity index is 2.45. The molecule has 0 radical (unpaired) electrons. The van der Waals surface area contributed by atoms with Crippen LogP contribution in [0.4, 0.5) is 0 Å². The van der Waals surface area contributed by atoms with Gasteiger partial charge in [-0.15, -0.1) is 0 Å². The Hall–Kier alpha value is -1.75. The zero-order chi connectivity index (χ0) is 13.3. The van der Waals surface area contributed by atoms with Gasteiger partial charge in [0, 0.05) is 25.1 Å². The van der Waals surface area contributed by atoms with Crippen LogP contribution in [0.15, 0.2) is 18.2 Å². The summed E-state index contributed by atoms with van der Waals surface area (Å²) >= 11 is 0. The highest BCUT2D eigenvalue weighted by atomic mass is 16.5. The molecule has 5 heteroatoms. The van der Waals surface area contributed by atoms with Gasteiger partial charge in [-0.1, -0.05) is 0 Å². The van der Waals surface area contributed by atoms with Crippen molar-refractivity contribution in [3.05, 3.63) is 23.8 Å². The second-order valence-electron chi connectivity index (χ2n) is 4.43. The minimum absolute atomic E-state index is 0.0531. The lowest BCUT2D eigenvalue weighted by molar-refractivity contribution is -0.127. The maximum atomic E-state index is 11.7. The Bertz CT molecular complexity index is 462. The van der Waals surface area contributed by atoms with E-state index in [0.29, 0.717) is 6.42 Å². The van der Waals surface area contributed by atoms with Gasteiger partial charge in [-0.2, -0.15) is 0 Å². The molecule has 1 heterocycles. The number of carbonyl (C=O) groups is 1. The van der Waals surface area contributed by atoms with E-state index in [4.69, 9.17) is 15.2 Å². The van der Waals surface area contributed by atoms with Gasteiger partial charge in [0.1, 0.15) is 11.5 Å². The third kappa shape index (κ3) is 2.01. The predicted molar refractivity (Wildman–Crippen MR) is 67.6 cm³/mol. The number of amides is 1. The molecule has 0 saturated carbocycles. The van der Waals surface area contributed by atoms with E-state index in [1.54, 1.807) is 26.2 Å². The molecule has 1 aliphatic rings. The number of carbonyl (C=O) groups excluding carboxylic acids is 1. The van der Waals surface area contributed by atoms with Gasteiger partial charge in [0.15, 0.2) is 0 Å². The first-order valence-electron chi connectivity index (χ1n) is 5.81. The van der Waals surface area contributed by atoms with Crippen LogP contribution in [0.2, 0.25) is 0 Å². The van der Waals surface area contributed by atoms with Gasteiger partial charge in [-0.3, -0.25) is 4.79 Å². The topological polar surface area (TPSA) is 64.8 Å². The van der Waals surface area contributed by atoms with Crippen molar-refractivity contribution in [3.8, 4) is 11.5 Å². The van der Waals surface area contributed by atoms with Crippen molar-refractivity contribution in [2.45, 2.75) is 18.5 Å². The Labute approximate surface area is 106 Å². The molecule has 1 fully saturated rings. The molecule has 1 aliphatic heterocycles. The lowest BCUT2D eigenvalue weighted by Gasteiger charge is -2.25. The van der Waals surface area contributed by atoms with E-state index in [1.807, 2.05) is 18.2 Å². The van der Waals surface area contributed by atoms with Crippen LogP contribution >= 0.6 is 0 Å². The molecule has 0 aliphatic carbocycles. The highest BCUT2D eigenvalue weighted by molar-refractivity contribution is 5.80. The van der Waals surface area contributed by atoms with Gasteiger partial charge in [-0.05, 0) is 18.2 Å². The number of methoxy groups -OCH3 is 2. The molecular weight excluding hydrogens is 232 g/mol. The van der Waals surface area contributed by atoms with E-state index in [0.717, 1.165) is 17.1 Å². The lowest BCUT2D eigenvalue weighted by Crippen LogP contribution is -2.30. The standard InChI is InChI=1S/C13H18N2O3/c1-15-12(16)7-10(14)13(15)9-6-8(17-2)4-5-11(9)18-3/h4-6,10,13H,7,14H2,1-3H3. The number of likely N-dealkylation sites (tertiary alicyclic amines) is 1. The monoisotopic (exact) mass is 250 g/mol. The van der Waals surface area contributed by atoms with E-state index in [9.17, 15) is 4.79 Å². The van der Waals surface area contributed by atoms with Crippen LogP contribution in [0.3, 0.4) is 0 Å². The number of benzene rings is 1. The lowest BCUT2D eigenvalue weighted by atomic mass is 9.99. The first-order valence-corrected chi connectivity index (χ1v) is 5.81. The highest BCUT2D eigenvalue weighted by Crippen LogP contribution is 2.37. The van der Waals surface area contributed by atoms with Crippen molar-refractivity contribution in [2.24, 2.45) is 5.73 Å². The third-order valence-corrected chi connectivity index (χ3v) is 3.38. The van der Waals surface area contributed by atoms with Crippen LogP contribution in [-0.4, -0.2) is 38.1 Å². The van der Waals surface area contributed by atoms with Gasteiger partial charge in [-0.25, -0.2) is 0 Å². The SMILES string of the molecule is COc1ccc(OC)c(C2C(N)CC(=O)N2C)c1. The summed E-state index contributed by atoms with van der Waals surface area (Å²) in [6.07, 6.45) is 0.363. The molecule has 0 spiro atoms. The summed E-state index contributed by atoms with van der Waals surface area (Å²) in [6.45, 7) is 0. The molecule has 1 amide bonds. The number of rotatable bonds is 3. The number of nitrogens with zero attached hydrogens (tertiary/aromatic N) is 1. The van der Waals surface area contributed by atoms with Gasteiger partial charge < -0.3 is 20.1 Å². The second kappa shape index (κ2) is 4.86. The quantitative estimate of drug-likeness (QED) is 0.867. The fraction of sp³-hybridized carbons (Fsp3) is 0.462. The summed E-state index contributed by atoms with van der Waals surface area (Å²) in [6, 6.07) is 5.15. The van der Waals surface area contributed by atoms with E-state index in [2.05, 4.69) is 0 Å². The van der Waals surface area contributed by atoms with Crippen LogP contribution in [0.25, 0.3) is 0 Å². The molecule has 2 rings (SSSR count). The average molecular weight is 250 g/mol. The summed E-state index contributed by atoms with van der Waals surface area (Å²) in [5, 5.41) is 0. The number of nitrogens with two attached hydrogens (primary N) is 1. The van der Waals surface area contributed by atoms with Crippen molar-refractivity contribution >= 4 is 5.91 Å². The van der Waals surface area contributed by atoms with E-state index in [-0.39, 0.29) is 18.0 Å². The highest BCUT2D eigenvalue weighted by Gasteiger charge is 2.37. The van der Waals surface area contributed by atoms with Gasteiger partial charge in [0.2, 0.25) is 5.91 Å². The molecule has 98 valence electrons. The molecule has 2 N–H and O–H groups in total. The zero-order valence-corrected chi connectivity index (χ0v) is 10.8. The molecule has 0 bridgehead atoms. The molecule has 2 atom stereocenters. The van der Waals surface area contributed by atoms with Crippen LogP contribution in [0, 0.1) is 0 Å². The average Bonchev–Trinajstić information content (AvgIpc) is 2.62. The summed E-state index contributed by atoms with van der Waals surface area (Å²) < 4.78 is 10.6. The van der Waals surface area contributed by atoms with Crippen molar-refractivity contribution in [3.63, 3.8) is 0 Å². The van der Waals surface area contributed by atoms with E-state index in [1.165, 1.54) is 0 Å². The first-order chi connectivity index (χ1) is 8.58. The minimum atomic E-state index is -0.219. The van der Waals surface area contributed by atoms with Crippen molar-refractivity contribution in [1.82, 2.24) is 4.90 Å². The van der Waals surface area contributed by atoms with Crippen LogP contribution < -0.4 is 15.2 Å². The van der Waals surface area contributed by atoms with Gasteiger partial charge in [0.25, 0.3) is 0 Å². The maximum absolute atomic E-state index is 11.7. The zero-order valence-electron chi connectivity index (χ0n) is 10.8. The Kier molecular flexibility index (Phi) is 3.43. The molecule has 1 saturated heterocycles. The summed E-state index contributed by atoms with van der Waals surface area (Å²) in [5.74, 6) is 1.50. The normalized spacial score (nSPS) is 23.3. The summed E-state index contributed by atoms with van der Waals surface area (Å²) in [5.41, 5.74) is 6.93. The maximum Gasteiger partial charge on any atom is 0.224 e. The van der Waals surface area contributed by atoms with Crippen molar-refractivity contribution in [2.75, 3.05) is 21.3 Å². The largest absolute Gasteiger partial charge is 0.497 e. The Morgan fingerprint density at radius 3 is 2.56 bits per heavy atom. The first kappa shape index (κ1) is 12.7. The number of ether oxygens (including phenoxy) is 2. The van der Waals surface area contributed by atoms with Crippen molar-refractivity contribution in [1.29, 1.82) is 0 Å². The third-order valence-electron chi connectivity index (χ3n) is 3.38. The second-order valence-corrected chi connectivity index (χ2v) is 4.43. The fourth-order valence-electron chi connectivity index (χ4n) is 2.41. The molecule has 1 aromatic rings. The van der Waals surface area contributed by atoms with E-state index >= 15 is 0 Å². The number of likely N-dealkylation sites (N-methyl/N-ethyl adjacent to an activating group) is 1. The van der Waals surface area contributed by atoms with Crippen LogP contribution in [0.5, 0.6) is 11.5 Å². The summed E-state index contributed by atoms with van der Waals surface area (Å²) in [7, 11) is 4.97. The Morgan fingerprint density at radius 1 is 1.33 bits per heavy atom. The smallest absolute Gasteiger partial charge is 0.224 e. The van der Waals surface area contributed by atoms with E-state index < -0.39 is 0 Å². The molecule has 1 aromatic carbocycles. The van der Waals surface area contributed by atoms with Gasteiger partial charge >= 0.3 is 0 Å². The van der Waals surface area contributed by atoms with Crippen LogP contribution in [-0.2, 0) is 4.79 Å². The minimum Gasteiger partial charge on any atom is -0.497 e. The molecule has 0 aromatic heterocycles. The number of hydrogen-bond donors (Lipinski definition) is 1. The molecular formula is C13H18N2O3. The molecule has 5 nitrogen and oxygen atoms in total. The fourth-order valence-corrected chi connectivity index (χ4v) is 2.41. The number of hydrogen-bond acceptors (Lipinski definition) is 4. The summed E-state index contributed by atoms with van der Waals surface area (Å²) in [4.78, 5) is 13.4. The predicted octanol–water partition coefficient (Wildman–Crippen LogP) is 0.934. The molecule has 2 unspecified atom stereocenters. The van der Waals surface area contributed by atoms with Gasteiger partial charge in [0.05, 0.1) is 20.3 Å². The van der Waals surface area contributed by atoms with Crippen molar-refractivity contribution < 1.29 is 14.3 Å². The molecule has 18 heavy (non-hydrogen) atoms.